The van der Waals surface area contributed by atoms with Crippen LogP contribution in [0.15, 0.2) is 89.8 Å². The molecule has 0 fully saturated rings. The molecule has 0 saturated carbocycles. The Bertz CT molecular complexity index is 1810. The van der Waals surface area contributed by atoms with Gasteiger partial charge >= 0.3 is 6.16 Å². The standard InChI is InChI=1S/C29H21ClFNO8S/c1-38-18-12-14-26(25(16-18)39-2)41(36,37)32-23-13-11-17(30)15-21(23)29(27(32)33,19-7-3-5-9-22(19)31)20-8-4-6-10-24(20)40-28(34)35/h3-16H,1-2H3,(H,34,35). The van der Waals surface area contributed by atoms with E-state index in [2.05, 4.69) is 0 Å². The Morgan fingerprint density at radius 3 is 2.22 bits per heavy atom. The van der Waals surface area contributed by atoms with Crippen LogP contribution in [0.25, 0.3) is 0 Å². The first-order chi connectivity index (χ1) is 19.6. The summed E-state index contributed by atoms with van der Waals surface area (Å²) in [5.41, 5.74) is -2.71. The summed E-state index contributed by atoms with van der Waals surface area (Å²) >= 11 is 6.36. The SMILES string of the molecule is COc1ccc(S(=O)(=O)N2C(=O)C(c3ccccc3F)(c3ccccc3OC(=O)O)c3cc(Cl)ccc32)c(OC)c1. The van der Waals surface area contributed by atoms with Crippen molar-refractivity contribution in [2.45, 2.75) is 10.3 Å². The van der Waals surface area contributed by atoms with Crippen LogP contribution in [0.4, 0.5) is 14.9 Å². The normalized spacial score (nSPS) is 16.3. The number of nitrogens with zero attached hydrogens (tertiary/aromatic N) is 1. The average Bonchev–Trinajstić information content (AvgIpc) is 3.21. The Hall–Kier alpha value is -4.61. The van der Waals surface area contributed by atoms with Crippen molar-refractivity contribution < 1.29 is 41.7 Å². The molecule has 5 rings (SSSR count). The lowest BCUT2D eigenvalue weighted by Crippen LogP contribution is -2.45. The highest BCUT2D eigenvalue weighted by Crippen LogP contribution is 2.55. The molecule has 12 heteroatoms. The summed E-state index contributed by atoms with van der Waals surface area (Å²) in [7, 11) is -2.08. The number of carbonyl (C=O) groups excluding carboxylic acids is 1. The smallest absolute Gasteiger partial charge is 0.497 e. The predicted octanol–water partition coefficient (Wildman–Crippen LogP) is 5.62. The van der Waals surface area contributed by atoms with Gasteiger partial charge in [0.1, 0.15) is 33.4 Å². The molecule has 1 aliphatic rings. The molecule has 4 aromatic rings. The molecule has 1 N–H and O–H groups in total. The molecule has 9 nitrogen and oxygen atoms in total. The number of rotatable bonds is 7. The highest BCUT2D eigenvalue weighted by Gasteiger charge is 2.59. The van der Waals surface area contributed by atoms with Crippen LogP contribution in [0, 0.1) is 5.82 Å². The van der Waals surface area contributed by atoms with Crippen LogP contribution in [0.5, 0.6) is 17.2 Å². The van der Waals surface area contributed by atoms with Gasteiger partial charge < -0.3 is 19.3 Å². The Kier molecular flexibility index (Phi) is 7.10. The number of fused-ring (bicyclic) bond motifs is 1. The van der Waals surface area contributed by atoms with Crippen molar-refractivity contribution >= 4 is 39.4 Å². The van der Waals surface area contributed by atoms with Gasteiger partial charge in [-0.1, -0.05) is 48.0 Å². The van der Waals surface area contributed by atoms with Crippen molar-refractivity contribution in [1.82, 2.24) is 0 Å². The van der Waals surface area contributed by atoms with Gasteiger partial charge in [-0.25, -0.2) is 21.9 Å². The minimum absolute atomic E-state index is 0.00223. The summed E-state index contributed by atoms with van der Waals surface area (Å²) < 4.78 is 60.4. The summed E-state index contributed by atoms with van der Waals surface area (Å²) in [6.07, 6.45) is -1.69. The number of methoxy groups -OCH3 is 2. The summed E-state index contributed by atoms with van der Waals surface area (Å²) in [5, 5.41) is 9.57. The fraction of sp³-hybridized carbons (Fsp3) is 0.103. The number of anilines is 1. The number of para-hydroxylation sites is 1. The van der Waals surface area contributed by atoms with Gasteiger partial charge in [0.2, 0.25) is 0 Å². The number of benzene rings is 4. The van der Waals surface area contributed by atoms with Gasteiger partial charge in [-0.2, -0.15) is 0 Å². The van der Waals surface area contributed by atoms with Crippen LogP contribution in [0.2, 0.25) is 5.02 Å². The number of amides is 1. The van der Waals surface area contributed by atoms with E-state index < -0.39 is 33.3 Å². The van der Waals surface area contributed by atoms with Gasteiger partial charge in [0.05, 0.1) is 19.9 Å². The molecule has 0 radical (unpaired) electrons. The van der Waals surface area contributed by atoms with Gasteiger partial charge in [-0.15, -0.1) is 0 Å². The third-order valence-electron chi connectivity index (χ3n) is 6.74. The third kappa shape index (κ3) is 4.34. The van der Waals surface area contributed by atoms with Gasteiger partial charge in [0.25, 0.3) is 15.9 Å². The summed E-state index contributed by atoms with van der Waals surface area (Å²) in [6.45, 7) is 0. The van der Waals surface area contributed by atoms with Gasteiger partial charge in [-0.3, -0.25) is 4.79 Å². The van der Waals surface area contributed by atoms with Crippen molar-refractivity contribution in [2.24, 2.45) is 0 Å². The molecular weight excluding hydrogens is 577 g/mol. The van der Waals surface area contributed by atoms with Crippen LogP contribution in [-0.2, 0) is 20.2 Å². The fourth-order valence-electron chi connectivity index (χ4n) is 5.08. The van der Waals surface area contributed by atoms with Crippen molar-refractivity contribution in [1.29, 1.82) is 0 Å². The number of hydrogen-bond donors (Lipinski definition) is 1. The summed E-state index contributed by atoms with van der Waals surface area (Å²) in [5.74, 6) is -2.06. The van der Waals surface area contributed by atoms with Crippen LogP contribution in [0.1, 0.15) is 16.7 Å². The van der Waals surface area contributed by atoms with E-state index in [-0.39, 0.29) is 43.8 Å². The largest absolute Gasteiger partial charge is 0.511 e. The number of carbonyl (C=O) groups is 2. The van der Waals surface area contributed by atoms with Gasteiger partial charge in [0, 0.05) is 27.8 Å². The van der Waals surface area contributed by atoms with E-state index in [1.54, 1.807) is 0 Å². The quantitative estimate of drug-likeness (QED) is 0.215. The number of halogens is 2. The maximum Gasteiger partial charge on any atom is 0.511 e. The Labute approximate surface area is 239 Å². The van der Waals surface area contributed by atoms with Crippen LogP contribution in [-0.4, -0.2) is 39.8 Å². The highest BCUT2D eigenvalue weighted by atomic mass is 35.5. The maximum atomic E-state index is 15.7. The minimum Gasteiger partial charge on any atom is -0.497 e. The van der Waals surface area contributed by atoms with E-state index in [0.717, 1.165) is 6.07 Å². The first kappa shape index (κ1) is 27.9. The molecule has 0 aliphatic carbocycles. The lowest BCUT2D eigenvalue weighted by molar-refractivity contribution is -0.119. The van der Waals surface area contributed by atoms with Gasteiger partial charge in [0.15, 0.2) is 0 Å². The first-order valence-electron chi connectivity index (χ1n) is 11.9. The molecule has 4 aromatic carbocycles. The molecule has 1 amide bonds. The number of hydrogen-bond acceptors (Lipinski definition) is 7. The second-order valence-corrected chi connectivity index (χ2v) is 11.0. The molecule has 1 aliphatic heterocycles. The van der Waals surface area contributed by atoms with Gasteiger partial charge in [-0.05, 0) is 42.5 Å². The zero-order valence-electron chi connectivity index (χ0n) is 21.5. The van der Waals surface area contributed by atoms with Crippen molar-refractivity contribution in [3.05, 3.63) is 112 Å². The summed E-state index contributed by atoms with van der Waals surface area (Å²) in [4.78, 5) is 26.1. The van der Waals surface area contributed by atoms with Crippen molar-refractivity contribution in [2.75, 3.05) is 18.5 Å². The van der Waals surface area contributed by atoms with E-state index in [0.29, 0.717) is 10.1 Å². The number of carboxylic acid groups (broad SMARTS) is 1. The van der Waals surface area contributed by atoms with E-state index in [1.165, 1.54) is 93.1 Å². The maximum absolute atomic E-state index is 15.7. The Balaban J connectivity index is 1.90. The summed E-state index contributed by atoms with van der Waals surface area (Å²) in [6, 6.07) is 18.9. The van der Waals surface area contributed by atoms with Crippen molar-refractivity contribution in [3.63, 3.8) is 0 Å². The second-order valence-electron chi connectivity index (χ2n) is 8.85. The molecule has 0 spiro atoms. The zero-order valence-corrected chi connectivity index (χ0v) is 23.1. The monoisotopic (exact) mass is 597 g/mol. The van der Waals surface area contributed by atoms with Crippen LogP contribution >= 0.6 is 11.6 Å². The molecular formula is C29H21ClFNO8S. The molecule has 0 saturated heterocycles. The van der Waals surface area contributed by atoms with Crippen molar-refractivity contribution in [3.8, 4) is 17.2 Å². The molecule has 1 atom stereocenters. The van der Waals surface area contributed by atoms with E-state index in [9.17, 15) is 23.1 Å². The number of sulfonamides is 1. The molecule has 41 heavy (non-hydrogen) atoms. The lowest BCUT2D eigenvalue weighted by atomic mass is 9.69. The predicted molar refractivity (Wildman–Crippen MR) is 147 cm³/mol. The van der Waals surface area contributed by atoms with E-state index in [4.69, 9.17) is 25.8 Å². The fourth-order valence-corrected chi connectivity index (χ4v) is 6.86. The van der Waals surface area contributed by atoms with E-state index >= 15 is 4.39 Å². The first-order valence-corrected chi connectivity index (χ1v) is 13.8. The molecule has 1 unspecified atom stereocenters. The third-order valence-corrected chi connectivity index (χ3v) is 8.71. The molecule has 0 bridgehead atoms. The molecule has 210 valence electrons. The highest BCUT2D eigenvalue weighted by molar-refractivity contribution is 7.93. The van der Waals surface area contributed by atoms with Crippen LogP contribution in [0.3, 0.4) is 0 Å². The Morgan fingerprint density at radius 1 is 0.878 bits per heavy atom. The molecule has 0 aromatic heterocycles. The Morgan fingerprint density at radius 2 is 1.56 bits per heavy atom. The second kappa shape index (κ2) is 10.4. The zero-order chi connectivity index (χ0) is 29.5. The van der Waals surface area contributed by atoms with Crippen LogP contribution < -0.4 is 18.5 Å². The number of ether oxygens (including phenoxy) is 3. The topological polar surface area (TPSA) is 119 Å². The lowest BCUT2D eigenvalue weighted by Gasteiger charge is -2.31. The minimum atomic E-state index is -4.74. The van der Waals surface area contributed by atoms with E-state index in [1.807, 2.05) is 0 Å². The average molecular weight is 598 g/mol. The molecule has 1 heterocycles.